The van der Waals surface area contributed by atoms with Crippen molar-refractivity contribution >= 4 is 40.8 Å². The van der Waals surface area contributed by atoms with Gasteiger partial charge in [-0.15, -0.1) is 5.10 Å². The third kappa shape index (κ3) is 5.39. The van der Waals surface area contributed by atoms with Crippen LogP contribution < -0.4 is 11.1 Å². The van der Waals surface area contributed by atoms with Crippen LogP contribution in [0.5, 0.6) is 0 Å². The summed E-state index contributed by atoms with van der Waals surface area (Å²) >= 11 is 7.30. The first kappa shape index (κ1) is 21.4. The van der Waals surface area contributed by atoms with E-state index >= 15 is 0 Å². The lowest BCUT2D eigenvalue weighted by molar-refractivity contribution is -0.134. The van der Waals surface area contributed by atoms with E-state index in [1.54, 1.807) is 24.1 Å². The molecule has 9 nitrogen and oxygen atoms in total. The molecule has 3 heterocycles. The number of hydrogen-bond acceptors (Lipinski definition) is 8. The number of aryl methyl sites for hydroxylation is 1. The number of halogens is 1. The maximum Gasteiger partial charge on any atom is 0.273 e. The van der Waals surface area contributed by atoms with Crippen LogP contribution in [-0.4, -0.2) is 55.4 Å². The maximum atomic E-state index is 12.6. The molecule has 1 atom stereocenters. The van der Waals surface area contributed by atoms with Crippen LogP contribution in [0.3, 0.4) is 0 Å². The summed E-state index contributed by atoms with van der Waals surface area (Å²) in [4.78, 5) is 34.8. The lowest BCUT2D eigenvalue weighted by Crippen LogP contribution is -2.49. The Morgan fingerprint density at radius 2 is 2.10 bits per heavy atom. The summed E-state index contributed by atoms with van der Waals surface area (Å²) in [5.74, 6) is 1.01. The van der Waals surface area contributed by atoms with E-state index in [2.05, 4.69) is 24.9 Å². The summed E-state index contributed by atoms with van der Waals surface area (Å²) in [6.45, 7) is 4.77. The first-order valence-electron chi connectivity index (χ1n) is 9.50. The van der Waals surface area contributed by atoms with E-state index in [1.807, 2.05) is 0 Å². The lowest BCUT2D eigenvalue weighted by atomic mass is 9.90. The summed E-state index contributed by atoms with van der Waals surface area (Å²) in [6, 6.07) is -0.607. The van der Waals surface area contributed by atoms with E-state index < -0.39 is 6.04 Å². The predicted octanol–water partition coefficient (Wildman–Crippen LogP) is 1.86. The minimum absolute atomic E-state index is 0.0841. The molecule has 0 aromatic carbocycles. The van der Waals surface area contributed by atoms with E-state index in [-0.39, 0.29) is 17.5 Å². The first-order chi connectivity index (χ1) is 13.8. The number of nitrogen functional groups attached to an aromatic ring is 1. The number of piperidine rings is 1. The van der Waals surface area contributed by atoms with E-state index in [4.69, 9.17) is 17.3 Å². The highest BCUT2D eigenvalue weighted by molar-refractivity contribution is 7.03. The zero-order chi connectivity index (χ0) is 21.0. The fourth-order valence-electron chi connectivity index (χ4n) is 3.47. The third-order valence-electron chi connectivity index (χ3n) is 5.14. The normalized spacial score (nSPS) is 15.9. The maximum absolute atomic E-state index is 12.6. The first-order valence-corrected chi connectivity index (χ1v) is 10.7. The Labute approximate surface area is 178 Å². The molecule has 156 valence electrons. The minimum Gasteiger partial charge on any atom is -0.383 e. The average Bonchev–Trinajstić information content (AvgIpc) is 3.22. The highest BCUT2D eigenvalue weighted by atomic mass is 35.5. The minimum atomic E-state index is -0.607. The molecule has 29 heavy (non-hydrogen) atoms. The molecule has 0 unspecified atom stereocenters. The molecule has 2 aromatic heterocycles. The number of hydrogen-bond donors (Lipinski definition) is 2. The molecule has 0 bridgehead atoms. The Morgan fingerprint density at radius 1 is 1.38 bits per heavy atom. The zero-order valence-electron chi connectivity index (χ0n) is 16.4. The zero-order valence-corrected chi connectivity index (χ0v) is 18.0. The van der Waals surface area contributed by atoms with Crippen molar-refractivity contribution in [3.63, 3.8) is 0 Å². The van der Waals surface area contributed by atoms with Gasteiger partial charge in [0.2, 0.25) is 5.91 Å². The van der Waals surface area contributed by atoms with Crippen molar-refractivity contribution in [2.45, 2.75) is 45.6 Å². The summed E-state index contributed by atoms with van der Waals surface area (Å²) in [6.07, 6.45) is 3.43. The molecule has 3 rings (SSSR count). The number of carbonyl (C=O) groups is 2. The van der Waals surface area contributed by atoms with Gasteiger partial charge in [0.1, 0.15) is 22.8 Å². The number of nitrogens with zero attached hydrogens (tertiary/aromatic N) is 5. The number of anilines is 1. The number of aromatic nitrogens is 4. The standard InChI is InChI=1S/C18H24ClN7O2S/c1-10(21-17(27)14-9-29-25-24-14)18(28)26-7-5-12(6-8-26)3-4-13-15(19)22-11(2)23-16(13)20/h9-10,12H,3-8H2,1-2H3,(H,21,27)(H2,20,22,23)/t10-/m0/s1. The molecule has 2 amide bonds. The molecule has 0 radical (unpaired) electrons. The Kier molecular flexibility index (Phi) is 6.96. The van der Waals surface area contributed by atoms with Crippen LogP contribution in [0.2, 0.25) is 5.15 Å². The second kappa shape index (κ2) is 9.45. The molecular weight excluding hydrogens is 414 g/mol. The van der Waals surface area contributed by atoms with Gasteiger partial charge in [-0.25, -0.2) is 9.97 Å². The smallest absolute Gasteiger partial charge is 0.273 e. The average molecular weight is 438 g/mol. The number of amides is 2. The Bertz CT molecular complexity index is 846. The molecule has 3 N–H and O–H groups in total. The van der Waals surface area contributed by atoms with Gasteiger partial charge in [0.15, 0.2) is 5.69 Å². The number of nitrogens with two attached hydrogens (primary N) is 1. The largest absolute Gasteiger partial charge is 0.383 e. The topological polar surface area (TPSA) is 127 Å². The SMILES string of the molecule is Cc1nc(N)c(CCC2CCN(C(=O)[C@H](C)NC(=O)c3csnn3)CC2)c(Cl)n1. The fourth-order valence-corrected chi connectivity index (χ4v) is 4.22. The van der Waals surface area contributed by atoms with Gasteiger partial charge in [-0.05, 0) is 57.0 Å². The van der Waals surface area contributed by atoms with Crippen molar-refractivity contribution in [3.8, 4) is 0 Å². The van der Waals surface area contributed by atoms with Gasteiger partial charge in [0, 0.05) is 24.0 Å². The highest BCUT2D eigenvalue weighted by Crippen LogP contribution is 2.26. The Balaban J connectivity index is 1.46. The van der Waals surface area contributed by atoms with E-state index in [9.17, 15) is 9.59 Å². The molecule has 0 spiro atoms. The van der Waals surface area contributed by atoms with Crippen molar-refractivity contribution in [2.24, 2.45) is 5.92 Å². The van der Waals surface area contributed by atoms with Crippen molar-refractivity contribution in [2.75, 3.05) is 18.8 Å². The lowest BCUT2D eigenvalue weighted by Gasteiger charge is -2.33. The van der Waals surface area contributed by atoms with Gasteiger partial charge in [-0.2, -0.15) is 0 Å². The van der Waals surface area contributed by atoms with Gasteiger partial charge in [0.05, 0.1) is 0 Å². The highest BCUT2D eigenvalue weighted by Gasteiger charge is 2.27. The van der Waals surface area contributed by atoms with E-state index in [0.717, 1.165) is 42.8 Å². The number of likely N-dealkylation sites (tertiary alicyclic amines) is 1. The fraction of sp³-hybridized carbons (Fsp3) is 0.556. The predicted molar refractivity (Wildman–Crippen MR) is 111 cm³/mol. The third-order valence-corrected chi connectivity index (χ3v) is 5.96. The number of carbonyl (C=O) groups excluding carboxylic acids is 2. The molecule has 1 fully saturated rings. The van der Waals surface area contributed by atoms with Crippen LogP contribution in [0.15, 0.2) is 5.38 Å². The van der Waals surface area contributed by atoms with Gasteiger partial charge in [-0.3, -0.25) is 9.59 Å². The molecule has 0 aliphatic carbocycles. The molecule has 1 saturated heterocycles. The number of rotatable bonds is 6. The van der Waals surface area contributed by atoms with Gasteiger partial charge in [-0.1, -0.05) is 16.1 Å². The van der Waals surface area contributed by atoms with Crippen LogP contribution in [0.1, 0.15) is 48.1 Å². The van der Waals surface area contributed by atoms with Crippen LogP contribution in [-0.2, 0) is 11.2 Å². The summed E-state index contributed by atoms with van der Waals surface area (Å²) in [5.41, 5.74) is 7.00. The van der Waals surface area contributed by atoms with Crippen LogP contribution in [0.4, 0.5) is 5.82 Å². The van der Waals surface area contributed by atoms with Gasteiger partial charge >= 0.3 is 0 Å². The number of nitrogens with one attached hydrogen (secondary N) is 1. The quantitative estimate of drug-likeness (QED) is 0.660. The van der Waals surface area contributed by atoms with Crippen LogP contribution in [0.25, 0.3) is 0 Å². The molecule has 1 aliphatic rings. The van der Waals surface area contributed by atoms with Gasteiger partial charge < -0.3 is 16.0 Å². The van der Waals surface area contributed by atoms with Crippen molar-refractivity contribution in [1.82, 2.24) is 29.8 Å². The molecule has 11 heteroatoms. The van der Waals surface area contributed by atoms with Gasteiger partial charge in [0.25, 0.3) is 5.91 Å². The molecule has 1 aliphatic heterocycles. The second-order valence-electron chi connectivity index (χ2n) is 7.22. The second-order valence-corrected chi connectivity index (χ2v) is 8.19. The Hall–Kier alpha value is -2.33. The summed E-state index contributed by atoms with van der Waals surface area (Å²) < 4.78 is 3.66. The van der Waals surface area contributed by atoms with E-state index in [1.165, 1.54) is 0 Å². The van der Waals surface area contributed by atoms with Crippen molar-refractivity contribution in [3.05, 3.63) is 27.6 Å². The van der Waals surface area contributed by atoms with Crippen LogP contribution in [0, 0.1) is 12.8 Å². The molecule has 2 aromatic rings. The van der Waals surface area contributed by atoms with Crippen LogP contribution >= 0.6 is 23.1 Å². The van der Waals surface area contributed by atoms with E-state index in [0.29, 0.717) is 35.8 Å². The monoisotopic (exact) mass is 437 g/mol. The van der Waals surface area contributed by atoms with Crippen molar-refractivity contribution < 1.29 is 9.59 Å². The molecule has 0 saturated carbocycles. The summed E-state index contributed by atoms with van der Waals surface area (Å²) in [5, 5.41) is 8.37. The van der Waals surface area contributed by atoms with Crippen molar-refractivity contribution in [1.29, 1.82) is 0 Å². The Morgan fingerprint density at radius 3 is 2.72 bits per heavy atom. The summed E-state index contributed by atoms with van der Waals surface area (Å²) in [7, 11) is 0. The molecular formula is C18H24ClN7O2S.